The molecule has 4 heteroatoms. The molecule has 3 rings (SSSR count). The number of ketones is 1. The van der Waals surface area contributed by atoms with Crippen LogP contribution in [-0.2, 0) is 0 Å². The van der Waals surface area contributed by atoms with Crippen LogP contribution in [0.3, 0.4) is 0 Å². The zero-order valence-electron chi connectivity index (χ0n) is 9.93. The van der Waals surface area contributed by atoms with Crippen molar-refractivity contribution >= 4 is 5.78 Å². The number of carbonyl (C=O) groups excluding carboxylic acids is 1. The highest BCUT2D eigenvalue weighted by Gasteiger charge is 2.19. The summed E-state index contributed by atoms with van der Waals surface area (Å²) in [4.78, 5) is 11.7. The van der Waals surface area contributed by atoms with Crippen LogP contribution in [0.1, 0.15) is 17.3 Å². The maximum absolute atomic E-state index is 11.7. The first kappa shape index (κ1) is 10.9. The minimum atomic E-state index is -0.0293. The number of carbonyl (C=O) groups is 1. The molecule has 0 atom stereocenters. The molecule has 1 aromatic heterocycles. The Morgan fingerprint density at radius 3 is 2.50 bits per heavy atom. The van der Waals surface area contributed by atoms with Crippen LogP contribution in [0.4, 0.5) is 0 Å². The summed E-state index contributed by atoms with van der Waals surface area (Å²) in [6.45, 7) is 2.55. The van der Waals surface area contributed by atoms with Gasteiger partial charge in [0, 0.05) is 11.1 Å². The van der Waals surface area contributed by atoms with Crippen molar-refractivity contribution in [3.8, 4) is 22.8 Å². The van der Waals surface area contributed by atoms with Gasteiger partial charge in [0.15, 0.2) is 17.3 Å². The van der Waals surface area contributed by atoms with E-state index in [1.165, 1.54) is 6.92 Å². The Labute approximate surface area is 104 Å². The van der Waals surface area contributed by atoms with Gasteiger partial charge in [-0.15, -0.1) is 0 Å². The summed E-state index contributed by atoms with van der Waals surface area (Å²) in [5, 5.41) is 0. The second-order valence-corrected chi connectivity index (χ2v) is 4.07. The van der Waals surface area contributed by atoms with Gasteiger partial charge in [-0.1, -0.05) is 0 Å². The third kappa shape index (κ3) is 1.76. The molecule has 0 saturated carbocycles. The highest BCUT2D eigenvalue weighted by molar-refractivity contribution is 6.01. The van der Waals surface area contributed by atoms with Crippen LogP contribution in [0.25, 0.3) is 11.3 Å². The summed E-state index contributed by atoms with van der Waals surface area (Å²) in [6.07, 6.45) is 1.58. The van der Waals surface area contributed by atoms with Crippen LogP contribution in [0.5, 0.6) is 11.5 Å². The Balaban J connectivity index is 2.19. The molecule has 4 nitrogen and oxygen atoms in total. The summed E-state index contributed by atoms with van der Waals surface area (Å²) in [7, 11) is 0. The van der Waals surface area contributed by atoms with Crippen molar-refractivity contribution in [1.82, 2.24) is 0 Å². The van der Waals surface area contributed by atoms with E-state index in [1.54, 1.807) is 24.5 Å². The lowest BCUT2D eigenvalue weighted by molar-refractivity contribution is 0.101. The average molecular weight is 244 g/mol. The van der Waals surface area contributed by atoms with E-state index in [-0.39, 0.29) is 5.78 Å². The molecule has 0 fully saturated rings. The zero-order chi connectivity index (χ0) is 12.5. The summed E-state index contributed by atoms with van der Waals surface area (Å²) in [6, 6.07) is 7.12. The number of fused-ring (bicyclic) bond motifs is 1. The highest BCUT2D eigenvalue weighted by atomic mass is 16.6. The molecule has 18 heavy (non-hydrogen) atoms. The number of rotatable bonds is 2. The quantitative estimate of drug-likeness (QED) is 0.762. The van der Waals surface area contributed by atoms with Crippen LogP contribution in [-0.4, -0.2) is 19.0 Å². The van der Waals surface area contributed by atoms with Gasteiger partial charge in [0.25, 0.3) is 0 Å². The predicted octanol–water partition coefficient (Wildman–Crippen LogP) is 2.92. The normalized spacial score (nSPS) is 13.4. The van der Waals surface area contributed by atoms with E-state index < -0.39 is 0 Å². The molecule has 0 amide bonds. The van der Waals surface area contributed by atoms with Crippen molar-refractivity contribution < 1.29 is 18.7 Å². The summed E-state index contributed by atoms with van der Waals surface area (Å²) < 4.78 is 16.4. The molecule has 1 aromatic carbocycles. The Hall–Kier alpha value is -2.23. The molecule has 1 aliphatic heterocycles. The fourth-order valence-corrected chi connectivity index (χ4v) is 2.02. The van der Waals surface area contributed by atoms with Gasteiger partial charge in [0.2, 0.25) is 0 Å². The minimum absolute atomic E-state index is 0.0293. The van der Waals surface area contributed by atoms with E-state index in [2.05, 4.69) is 0 Å². The van der Waals surface area contributed by atoms with Crippen molar-refractivity contribution in [2.75, 3.05) is 13.2 Å². The number of benzene rings is 1. The molecule has 0 N–H and O–H groups in total. The lowest BCUT2D eigenvalue weighted by Gasteiger charge is -2.20. The third-order valence-electron chi connectivity index (χ3n) is 2.85. The average Bonchev–Trinajstić information content (AvgIpc) is 2.91. The largest absolute Gasteiger partial charge is 0.486 e. The summed E-state index contributed by atoms with van der Waals surface area (Å²) in [5.41, 5.74) is 1.31. The number of hydrogen-bond acceptors (Lipinski definition) is 4. The van der Waals surface area contributed by atoms with E-state index in [0.717, 1.165) is 5.56 Å². The van der Waals surface area contributed by atoms with Crippen LogP contribution in [0, 0.1) is 0 Å². The lowest BCUT2D eigenvalue weighted by Crippen LogP contribution is -2.16. The molecule has 1 aliphatic rings. The number of furan rings is 1. The van der Waals surface area contributed by atoms with Crippen LogP contribution >= 0.6 is 0 Å². The van der Waals surface area contributed by atoms with Crippen molar-refractivity contribution in [3.05, 3.63) is 36.1 Å². The molecule has 2 heterocycles. The highest BCUT2D eigenvalue weighted by Crippen LogP contribution is 2.37. The van der Waals surface area contributed by atoms with Gasteiger partial charge in [-0.05, 0) is 31.2 Å². The summed E-state index contributed by atoms with van der Waals surface area (Å²) in [5.74, 6) is 1.88. The molecular formula is C14H12O4. The van der Waals surface area contributed by atoms with Gasteiger partial charge in [-0.25, -0.2) is 0 Å². The molecule has 92 valence electrons. The van der Waals surface area contributed by atoms with Gasteiger partial charge in [0.1, 0.15) is 19.0 Å². The van der Waals surface area contributed by atoms with E-state index >= 15 is 0 Å². The van der Waals surface area contributed by atoms with E-state index in [4.69, 9.17) is 13.9 Å². The van der Waals surface area contributed by atoms with Crippen LogP contribution < -0.4 is 9.47 Å². The fraction of sp³-hybridized carbons (Fsp3) is 0.214. The van der Waals surface area contributed by atoms with E-state index in [1.807, 2.05) is 6.07 Å². The van der Waals surface area contributed by atoms with Gasteiger partial charge >= 0.3 is 0 Å². The standard InChI is InChI=1S/C14H12O4/c1-9(15)10-7-13-14(18-6-5-17-13)8-11(10)12-3-2-4-16-12/h2-4,7-8H,5-6H2,1H3. The first-order valence-electron chi connectivity index (χ1n) is 5.74. The second kappa shape index (κ2) is 4.22. The number of hydrogen-bond donors (Lipinski definition) is 0. The lowest BCUT2D eigenvalue weighted by atomic mass is 10.0. The first-order valence-corrected chi connectivity index (χ1v) is 5.74. The molecule has 0 bridgehead atoms. The third-order valence-corrected chi connectivity index (χ3v) is 2.85. The van der Waals surface area contributed by atoms with Gasteiger partial charge < -0.3 is 13.9 Å². The first-order chi connectivity index (χ1) is 8.75. The molecular weight excluding hydrogens is 232 g/mol. The Bertz CT molecular complexity index is 584. The molecule has 0 aliphatic carbocycles. The Morgan fingerprint density at radius 2 is 1.89 bits per heavy atom. The second-order valence-electron chi connectivity index (χ2n) is 4.07. The van der Waals surface area contributed by atoms with Crippen molar-refractivity contribution in [1.29, 1.82) is 0 Å². The maximum Gasteiger partial charge on any atom is 0.162 e. The van der Waals surface area contributed by atoms with Gasteiger partial charge in [0.05, 0.1) is 6.26 Å². The SMILES string of the molecule is CC(=O)c1cc2c(cc1-c1ccco1)OCCO2. The van der Waals surface area contributed by atoms with Crippen LogP contribution in [0.15, 0.2) is 34.9 Å². The molecule has 0 spiro atoms. The predicted molar refractivity (Wildman–Crippen MR) is 65.1 cm³/mol. The number of ether oxygens (including phenoxy) is 2. The van der Waals surface area contributed by atoms with E-state index in [0.29, 0.717) is 36.0 Å². The minimum Gasteiger partial charge on any atom is -0.486 e. The number of Topliss-reactive ketones (excluding diaryl/α,β-unsaturated/α-hetero) is 1. The topological polar surface area (TPSA) is 48.7 Å². The van der Waals surface area contributed by atoms with Crippen molar-refractivity contribution in [2.45, 2.75) is 6.92 Å². The molecule has 2 aromatic rings. The van der Waals surface area contributed by atoms with Gasteiger partial charge in [-0.3, -0.25) is 4.79 Å². The molecule has 0 saturated heterocycles. The monoisotopic (exact) mass is 244 g/mol. The van der Waals surface area contributed by atoms with E-state index in [9.17, 15) is 4.79 Å². The Kier molecular flexibility index (Phi) is 2.55. The van der Waals surface area contributed by atoms with Crippen molar-refractivity contribution in [3.63, 3.8) is 0 Å². The molecule has 0 unspecified atom stereocenters. The zero-order valence-corrected chi connectivity index (χ0v) is 9.93. The summed E-state index contributed by atoms with van der Waals surface area (Å²) >= 11 is 0. The maximum atomic E-state index is 11.7. The smallest absolute Gasteiger partial charge is 0.162 e. The molecule has 0 radical (unpaired) electrons. The van der Waals surface area contributed by atoms with Gasteiger partial charge in [-0.2, -0.15) is 0 Å². The van der Waals surface area contributed by atoms with Crippen LogP contribution in [0.2, 0.25) is 0 Å². The Morgan fingerprint density at radius 1 is 1.17 bits per heavy atom. The van der Waals surface area contributed by atoms with Crippen molar-refractivity contribution in [2.24, 2.45) is 0 Å². The fourth-order valence-electron chi connectivity index (χ4n) is 2.02.